The summed E-state index contributed by atoms with van der Waals surface area (Å²) in [6, 6.07) is 5.53. The molecule has 14 heavy (non-hydrogen) atoms. The highest BCUT2D eigenvalue weighted by Gasteiger charge is 2.17. The molecular weight excluding hydrogens is 242 g/mol. The van der Waals surface area contributed by atoms with Gasteiger partial charge in [-0.25, -0.2) is 4.58 Å². The first-order chi connectivity index (χ1) is 6.29. The molecule has 0 spiro atoms. The summed E-state index contributed by atoms with van der Waals surface area (Å²) >= 11 is 12.1. The Morgan fingerprint density at radius 3 is 2.36 bits per heavy atom. The van der Waals surface area contributed by atoms with E-state index in [-0.39, 0.29) is 12.4 Å². The fourth-order valence-electron chi connectivity index (χ4n) is 1.36. The lowest BCUT2D eigenvalue weighted by Gasteiger charge is -2.04. The Kier molecular flexibility index (Phi) is 4.05. The summed E-state index contributed by atoms with van der Waals surface area (Å²) in [5, 5.41) is 4.48. The van der Waals surface area contributed by atoms with Gasteiger partial charge in [0.05, 0.1) is 10.0 Å². The Labute approximate surface area is 98.9 Å². The number of para-hydroxylation sites is 1. The van der Waals surface area contributed by atoms with E-state index in [9.17, 15) is 0 Å². The molecule has 5 heteroatoms. The molecule has 1 aromatic rings. The van der Waals surface area contributed by atoms with Crippen molar-refractivity contribution in [3.8, 4) is 0 Å². The van der Waals surface area contributed by atoms with Gasteiger partial charge in [-0.15, -0.1) is 0 Å². The molecule has 0 atom stereocenters. The van der Waals surface area contributed by atoms with Crippen molar-refractivity contribution >= 4 is 35.2 Å². The van der Waals surface area contributed by atoms with Crippen molar-refractivity contribution < 1.29 is 17.0 Å². The van der Waals surface area contributed by atoms with Crippen molar-refractivity contribution in [2.24, 2.45) is 0 Å². The second kappa shape index (κ2) is 4.87. The Balaban J connectivity index is 0.000000980. The van der Waals surface area contributed by atoms with Gasteiger partial charge in [0.15, 0.2) is 5.69 Å². The van der Waals surface area contributed by atoms with Crippen molar-refractivity contribution in [2.75, 3.05) is 13.1 Å². The molecule has 0 fully saturated rings. The predicted octanol–water partition coefficient (Wildman–Crippen LogP) is -0.727. The number of nitrogens with one attached hydrogen (secondary N) is 1. The normalized spacial score (nSPS) is 14.3. The topological polar surface area (TPSA) is 15.0 Å². The number of halogens is 3. The molecule has 2 rings (SSSR count). The standard InChI is InChI=1S/C9H8Cl2N2.ClH/c10-7-2-1-3-8(11)9(7)13-5-4-12-6-13;/h1-3,6H,4-5H2;1H. The van der Waals surface area contributed by atoms with Gasteiger partial charge in [0.25, 0.3) is 0 Å². The summed E-state index contributed by atoms with van der Waals surface area (Å²) in [5.74, 6) is 0. The first kappa shape index (κ1) is 11.6. The second-order valence-electron chi connectivity index (χ2n) is 2.85. The van der Waals surface area contributed by atoms with Crippen molar-refractivity contribution in [2.45, 2.75) is 0 Å². The minimum absolute atomic E-state index is 0. The molecule has 0 bridgehead atoms. The monoisotopic (exact) mass is 250 g/mol. The average Bonchev–Trinajstić information content (AvgIpc) is 2.57. The van der Waals surface area contributed by atoms with Crippen LogP contribution in [0.4, 0.5) is 5.69 Å². The van der Waals surface area contributed by atoms with Gasteiger partial charge in [-0.3, -0.25) is 5.32 Å². The molecule has 1 N–H and O–H groups in total. The van der Waals surface area contributed by atoms with Gasteiger partial charge in [0.2, 0.25) is 6.34 Å². The number of hydrogen-bond acceptors (Lipinski definition) is 1. The van der Waals surface area contributed by atoms with Crippen LogP contribution in [0.5, 0.6) is 0 Å². The van der Waals surface area contributed by atoms with Crippen LogP contribution >= 0.6 is 23.2 Å². The molecule has 1 aliphatic heterocycles. The molecule has 1 heterocycles. The lowest BCUT2D eigenvalue weighted by molar-refractivity contribution is -0.423. The molecule has 0 saturated carbocycles. The van der Waals surface area contributed by atoms with Crippen molar-refractivity contribution in [3.63, 3.8) is 0 Å². The number of rotatable bonds is 1. The van der Waals surface area contributed by atoms with E-state index >= 15 is 0 Å². The molecular formula is C9H9Cl3N2. The maximum atomic E-state index is 6.04. The quantitative estimate of drug-likeness (QED) is 0.651. The summed E-state index contributed by atoms with van der Waals surface area (Å²) < 4.78 is 2.02. The SMILES string of the molecule is Clc1cccc(Cl)c1[N+]1=CNCC1.[Cl-]. The second-order valence-corrected chi connectivity index (χ2v) is 3.66. The fourth-order valence-corrected chi connectivity index (χ4v) is 1.98. The van der Waals surface area contributed by atoms with Crippen LogP contribution in [0.2, 0.25) is 10.0 Å². The van der Waals surface area contributed by atoms with Crippen LogP contribution in [0, 0.1) is 0 Å². The van der Waals surface area contributed by atoms with E-state index < -0.39 is 0 Å². The zero-order chi connectivity index (χ0) is 9.26. The Morgan fingerprint density at radius 2 is 1.86 bits per heavy atom. The van der Waals surface area contributed by atoms with Crippen LogP contribution < -0.4 is 17.7 Å². The highest BCUT2D eigenvalue weighted by Crippen LogP contribution is 2.32. The predicted molar refractivity (Wildman–Crippen MR) is 55.3 cm³/mol. The van der Waals surface area contributed by atoms with Crippen LogP contribution in [-0.2, 0) is 0 Å². The Hall–Kier alpha value is -0.440. The molecule has 0 aromatic heterocycles. The summed E-state index contributed by atoms with van der Waals surface area (Å²) in [5.41, 5.74) is 0.885. The molecule has 0 radical (unpaired) electrons. The molecule has 0 amide bonds. The maximum absolute atomic E-state index is 6.04. The third-order valence-electron chi connectivity index (χ3n) is 1.97. The van der Waals surface area contributed by atoms with Gasteiger partial charge in [0, 0.05) is 0 Å². The molecule has 2 nitrogen and oxygen atoms in total. The van der Waals surface area contributed by atoms with Crippen LogP contribution in [-0.4, -0.2) is 24.0 Å². The Morgan fingerprint density at radius 1 is 1.21 bits per heavy atom. The number of benzene rings is 1. The van der Waals surface area contributed by atoms with E-state index in [2.05, 4.69) is 5.32 Å². The zero-order valence-corrected chi connectivity index (χ0v) is 9.57. The lowest BCUT2D eigenvalue weighted by Crippen LogP contribution is -3.00. The minimum Gasteiger partial charge on any atom is -1.00 e. The summed E-state index contributed by atoms with van der Waals surface area (Å²) in [6.45, 7) is 1.84. The summed E-state index contributed by atoms with van der Waals surface area (Å²) in [7, 11) is 0. The number of hydrogen-bond donors (Lipinski definition) is 1. The largest absolute Gasteiger partial charge is 1.00 e. The van der Waals surface area contributed by atoms with E-state index in [4.69, 9.17) is 23.2 Å². The van der Waals surface area contributed by atoms with Crippen LogP contribution in [0.25, 0.3) is 0 Å². The molecule has 0 saturated heterocycles. The van der Waals surface area contributed by atoms with Gasteiger partial charge in [-0.1, -0.05) is 29.3 Å². The third-order valence-corrected chi connectivity index (χ3v) is 2.58. The fraction of sp³-hybridized carbons (Fsp3) is 0.222. The minimum atomic E-state index is 0. The highest BCUT2D eigenvalue weighted by atomic mass is 35.5. The van der Waals surface area contributed by atoms with Crippen molar-refractivity contribution in [3.05, 3.63) is 28.2 Å². The van der Waals surface area contributed by atoms with Crippen molar-refractivity contribution in [1.82, 2.24) is 5.32 Å². The van der Waals surface area contributed by atoms with Crippen LogP contribution in [0.15, 0.2) is 18.2 Å². The zero-order valence-electron chi connectivity index (χ0n) is 7.30. The van der Waals surface area contributed by atoms with Gasteiger partial charge >= 0.3 is 0 Å². The van der Waals surface area contributed by atoms with Crippen LogP contribution in [0.3, 0.4) is 0 Å². The summed E-state index contributed by atoms with van der Waals surface area (Å²) in [6.07, 6.45) is 1.90. The molecule has 1 aromatic carbocycles. The van der Waals surface area contributed by atoms with E-state index in [1.165, 1.54) is 0 Å². The van der Waals surface area contributed by atoms with E-state index in [1.54, 1.807) is 0 Å². The third kappa shape index (κ3) is 2.14. The molecule has 0 aliphatic carbocycles. The van der Waals surface area contributed by atoms with E-state index in [0.717, 1.165) is 18.8 Å². The van der Waals surface area contributed by atoms with Gasteiger partial charge in [0.1, 0.15) is 13.1 Å². The average molecular weight is 252 g/mol. The highest BCUT2D eigenvalue weighted by molar-refractivity contribution is 6.38. The van der Waals surface area contributed by atoms with Gasteiger partial charge in [-0.05, 0) is 12.1 Å². The van der Waals surface area contributed by atoms with Gasteiger partial charge in [-0.2, -0.15) is 0 Å². The molecule has 0 unspecified atom stereocenters. The van der Waals surface area contributed by atoms with Gasteiger partial charge < -0.3 is 12.4 Å². The van der Waals surface area contributed by atoms with E-state index in [0.29, 0.717) is 10.0 Å². The first-order valence-electron chi connectivity index (χ1n) is 4.06. The van der Waals surface area contributed by atoms with Crippen LogP contribution in [0.1, 0.15) is 0 Å². The smallest absolute Gasteiger partial charge is 0.237 e. The van der Waals surface area contributed by atoms with E-state index in [1.807, 2.05) is 29.1 Å². The molecule has 76 valence electrons. The first-order valence-corrected chi connectivity index (χ1v) is 4.82. The lowest BCUT2D eigenvalue weighted by atomic mass is 10.3. The number of nitrogens with zero attached hydrogens (tertiary/aromatic N) is 1. The summed E-state index contributed by atoms with van der Waals surface area (Å²) in [4.78, 5) is 0. The maximum Gasteiger partial charge on any atom is 0.237 e. The Bertz CT molecular complexity index is 343. The van der Waals surface area contributed by atoms with Crippen molar-refractivity contribution in [1.29, 1.82) is 0 Å². The molecule has 1 aliphatic rings.